The first-order valence-corrected chi connectivity index (χ1v) is 9.40. The molecule has 0 saturated heterocycles. The second-order valence-electron chi connectivity index (χ2n) is 5.78. The van der Waals surface area contributed by atoms with Gasteiger partial charge in [-0.2, -0.15) is 0 Å². The molecule has 0 unspecified atom stereocenters. The Labute approximate surface area is 165 Å². The molecule has 0 aliphatic carbocycles. The van der Waals surface area contributed by atoms with Crippen LogP contribution in [0.4, 0.5) is 4.79 Å². The zero-order chi connectivity index (χ0) is 19.8. The maximum absolute atomic E-state index is 12.1. The highest BCUT2D eigenvalue weighted by molar-refractivity contribution is 7.10. The Kier molecular flexibility index (Phi) is 7.63. The molecule has 1 aromatic heterocycles. The van der Waals surface area contributed by atoms with Crippen molar-refractivity contribution in [3.63, 3.8) is 0 Å². The number of amides is 3. The molecule has 1 aromatic carbocycles. The van der Waals surface area contributed by atoms with Crippen LogP contribution >= 0.6 is 22.9 Å². The van der Waals surface area contributed by atoms with E-state index in [1.165, 1.54) is 11.3 Å². The first-order chi connectivity index (χ1) is 12.8. The number of ether oxygens (including phenoxy) is 1. The van der Waals surface area contributed by atoms with Gasteiger partial charge in [-0.05, 0) is 36.1 Å². The minimum atomic E-state index is -0.773. The smallest absolute Gasteiger partial charge is 0.312 e. The summed E-state index contributed by atoms with van der Waals surface area (Å²) in [6.07, 6.45) is -0.168. The van der Waals surface area contributed by atoms with E-state index < -0.39 is 30.6 Å². The number of primary amides is 1. The van der Waals surface area contributed by atoms with Gasteiger partial charge in [-0.25, -0.2) is 4.79 Å². The monoisotopic (exact) mass is 409 g/mol. The number of hydrogen-bond acceptors (Lipinski definition) is 5. The van der Waals surface area contributed by atoms with Gasteiger partial charge in [0.2, 0.25) is 0 Å². The summed E-state index contributed by atoms with van der Waals surface area (Å²) in [5.41, 5.74) is 5.81. The molecule has 144 valence electrons. The molecule has 9 heteroatoms. The van der Waals surface area contributed by atoms with Crippen LogP contribution in [0.5, 0.6) is 0 Å². The maximum Gasteiger partial charge on any atom is 0.312 e. The van der Waals surface area contributed by atoms with Gasteiger partial charge in [0.25, 0.3) is 5.91 Å². The van der Waals surface area contributed by atoms with Crippen molar-refractivity contribution >= 4 is 40.8 Å². The number of esters is 1. The second kappa shape index (κ2) is 9.94. The van der Waals surface area contributed by atoms with Crippen molar-refractivity contribution in [3.05, 3.63) is 57.2 Å². The van der Waals surface area contributed by atoms with Gasteiger partial charge in [-0.15, -0.1) is 11.3 Å². The number of halogens is 1. The molecule has 0 spiro atoms. The Morgan fingerprint density at radius 3 is 2.48 bits per heavy atom. The number of thiophene rings is 1. The van der Waals surface area contributed by atoms with Gasteiger partial charge in [0.05, 0.1) is 18.5 Å². The van der Waals surface area contributed by atoms with Crippen molar-refractivity contribution in [2.45, 2.75) is 25.4 Å². The fourth-order valence-corrected chi connectivity index (χ4v) is 3.24. The van der Waals surface area contributed by atoms with E-state index >= 15 is 0 Å². The molecular weight excluding hydrogens is 390 g/mol. The van der Waals surface area contributed by atoms with Crippen LogP contribution in [0.3, 0.4) is 0 Å². The number of rotatable bonds is 8. The second-order valence-corrected chi connectivity index (χ2v) is 7.20. The topological polar surface area (TPSA) is 111 Å². The molecule has 0 fully saturated rings. The van der Waals surface area contributed by atoms with E-state index in [4.69, 9.17) is 22.1 Å². The summed E-state index contributed by atoms with van der Waals surface area (Å²) in [6.45, 7) is 1.44. The normalized spacial score (nSPS) is 12.7. The zero-order valence-electron chi connectivity index (χ0n) is 14.6. The molecule has 0 aliphatic rings. The number of nitrogens with one attached hydrogen (secondary N) is 2. The SMILES string of the molecule is C[C@@H](NC(=O)COC(=O)C[C@H](NC(N)=O)c1ccc(Cl)cc1)c1cccs1. The van der Waals surface area contributed by atoms with E-state index in [0.29, 0.717) is 10.6 Å². The van der Waals surface area contributed by atoms with E-state index in [1.54, 1.807) is 24.3 Å². The molecule has 1 heterocycles. The van der Waals surface area contributed by atoms with Crippen LogP contribution in [-0.2, 0) is 14.3 Å². The van der Waals surface area contributed by atoms with E-state index in [1.807, 2.05) is 24.4 Å². The van der Waals surface area contributed by atoms with Gasteiger partial charge in [-0.3, -0.25) is 9.59 Å². The lowest BCUT2D eigenvalue weighted by Crippen LogP contribution is -2.35. The molecular formula is C18H20ClN3O4S. The molecule has 0 bridgehead atoms. The van der Waals surface area contributed by atoms with Crippen LogP contribution in [-0.4, -0.2) is 24.5 Å². The lowest BCUT2D eigenvalue weighted by Gasteiger charge is -2.18. The van der Waals surface area contributed by atoms with Gasteiger partial charge in [0, 0.05) is 9.90 Å². The summed E-state index contributed by atoms with van der Waals surface area (Å²) in [4.78, 5) is 36.2. The van der Waals surface area contributed by atoms with Gasteiger partial charge in [-0.1, -0.05) is 29.8 Å². The molecule has 4 N–H and O–H groups in total. The van der Waals surface area contributed by atoms with Crippen LogP contribution in [0.15, 0.2) is 41.8 Å². The largest absolute Gasteiger partial charge is 0.456 e. The van der Waals surface area contributed by atoms with Crippen molar-refractivity contribution in [2.24, 2.45) is 5.73 Å². The molecule has 0 saturated carbocycles. The summed E-state index contributed by atoms with van der Waals surface area (Å²) < 4.78 is 5.01. The van der Waals surface area contributed by atoms with Crippen LogP contribution in [0, 0.1) is 0 Å². The van der Waals surface area contributed by atoms with Crippen LogP contribution in [0.1, 0.15) is 35.9 Å². The fraction of sp³-hybridized carbons (Fsp3) is 0.278. The molecule has 0 aliphatic heterocycles. The van der Waals surface area contributed by atoms with E-state index in [9.17, 15) is 14.4 Å². The molecule has 27 heavy (non-hydrogen) atoms. The molecule has 2 aromatic rings. The van der Waals surface area contributed by atoms with Crippen molar-refractivity contribution in [1.82, 2.24) is 10.6 Å². The summed E-state index contributed by atoms with van der Waals surface area (Å²) in [5.74, 6) is -1.04. The van der Waals surface area contributed by atoms with Crippen molar-refractivity contribution in [2.75, 3.05) is 6.61 Å². The Bertz CT molecular complexity index is 780. The van der Waals surface area contributed by atoms with Gasteiger partial charge in [0.15, 0.2) is 6.61 Å². The van der Waals surface area contributed by atoms with Crippen molar-refractivity contribution < 1.29 is 19.1 Å². The lowest BCUT2D eigenvalue weighted by atomic mass is 10.0. The standard InChI is InChI=1S/C18H20ClN3O4S/c1-11(15-3-2-8-27-15)21-16(23)10-26-17(24)9-14(22-18(20)25)12-4-6-13(19)7-5-12/h2-8,11,14H,9-10H2,1H3,(H,21,23)(H3,20,22,25)/t11-,14+/m1/s1. The van der Waals surface area contributed by atoms with Crippen molar-refractivity contribution in [3.8, 4) is 0 Å². The molecule has 7 nitrogen and oxygen atoms in total. The number of benzene rings is 1. The number of carbonyl (C=O) groups is 3. The first kappa shape index (κ1) is 20.7. The Balaban J connectivity index is 1.86. The summed E-state index contributed by atoms with van der Waals surface area (Å²) in [5, 5.41) is 7.67. The minimum absolute atomic E-state index is 0.168. The summed E-state index contributed by atoms with van der Waals surface area (Å²) >= 11 is 7.37. The van der Waals surface area contributed by atoms with E-state index in [-0.39, 0.29) is 12.5 Å². The summed E-state index contributed by atoms with van der Waals surface area (Å²) in [6, 6.07) is 8.80. The van der Waals surface area contributed by atoms with Crippen LogP contribution < -0.4 is 16.4 Å². The molecule has 3 amide bonds. The number of carbonyl (C=O) groups excluding carboxylic acids is 3. The Morgan fingerprint density at radius 1 is 1.19 bits per heavy atom. The third-order valence-electron chi connectivity index (χ3n) is 3.67. The Morgan fingerprint density at radius 2 is 1.89 bits per heavy atom. The fourth-order valence-electron chi connectivity index (χ4n) is 2.38. The zero-order valence-corrected chi connectivity index (χ0v) is 16.2. The van der Waals surface area contributed by atoms with E-state index in [0.717, 1.165) is 4.88 Å². The van der Waals surface area contributed by atoms with Crippen molar-refractivity contribution in [1.29, 1.82) is 0 Å². The number of urea groups is 1. The van der Waals surface area contributed by atoms with Crippen LogP contribution in [0.25, 0.3) is 0 Å². The highest BCUT2D eigenvalue weighted by Gasteiger charge is 2.20. The minimum Gasteiger partial charge on any atom is -0.456 e. The molecule has 2 rings (SSSR count). The van der Waals surface area contributed by atoms with Gasteiger partial charge >= 0.3 is 12.0 Å². The number of nitrogens with two attached hydrogens (primary N) is 1. The molecule has 0 radical (unpaired) electrons. The quantitative estimate of drug-likeness (QED) is 0.582. The highest BCUT2D eigenvalue weighted by atomic mass is 35.5. The van der Waals surface area contributed by atoms with Crippen LogP contribution in [0.2, 0.25) is 5.02 Å². The molecule has 2 atom stereocenters. The predicted molar refractivity (Wildman–Crippen MR) is 103 cm³/mol. The highest BCUT2D eigenvalue weighted by Crippen LogP contribution is 2.20. The maximum atomic E-state index is 12.1. The first-order valence-electron chi connectivity index (χ1n) is 8.15. The average molecular weight is 410 g/mol. The summed E-state index contributed by atoms with van der Waals surface area (Å²) in [7, 11) is 0. The third-order valence-corrected chi connectivity index (χ3v) is 4.98. The predicted octanol–water partition coefficient (Wildman–Crippen LogP) is 2.92. The van der Waals surface area contributed by atoms with Gasteiger partial charge < -0.3 is 21.1 Å². The third kappa shape index (κ3) is 6.92. The van der Waals surface area contributed by atoms with E-state index in [2.05, 4.69) is 10.6 Å². The lowest BCUT2D eigenvalue weighted by molar-refractivity contribution is -0.149. The average Bonchev–Trinajstić information content (AvgIpc) is 3.14. The number of hydrogen-bond donors (Lipinski definition) is 3. The Hall–Kier alpha value is -2.58. The van der Waals surface area contributed by atoms with Gasteiger partial charge in [0.1, 0.15) is 0 Å².